The summed E-state index contributed by atoms with van der Waals surface area (Å²) in [6.07, 6.45) is 0.595. The molecule has 0 aliphatic heterocycles. The molecule has 0 aromatic heterocycles. The number of rotatable bonds is 3. The molecular weight excluding hydrogens is 244 g/mol. The summed E-state index contributed by atoms with van der Waals surface area (Å²) in [5, 5.41) is 18.5. The number of aryl methyl sites for hydroxylation is 1. The van der Waals surface area contributed by atoms with Crippen LogP contribution in [0.25, 0.3) is 11.1 Å². The summed E-state index contributed by atoms with van der Waals surface area (Å²) in [5.74, 6) is -1.01. The molecule has 0 fully saturated rings. The summed E-state index contributed by atoms with van der Waals surface area (Å²) in [6.45, 7) is 1.71. The van der Waals surface area contributed by atoms with Crippen molar-refractivity contribution in [1.82, 2.24) is 0 Å². The highest BCUT2D eigenvalue weighted by atomic mass is 16.4. The van der Waals surface area contributed by atoms with E-state index in [4.69, 9.17) is 5.11 Å². The van der Waals surface area contributed by atoms with Gasteiger partial charge in [0.2, 0.25) is 0 Å². The maximum Gasteiger partial charge on any atom is 0.335 e. The maximum absolute atomic E-state index is 10.9. The van der Waals surface area contributed by atoms with E-state index in [1.54, 1.807) is 31.2 Å². The van der Waals surface area contributed by atoms with Crippen molar-refractivity contribution in [1.29, 1.82) is 0 Å². The quantitative estimate of drug-likeness (QED) is 0.828. The standard InChI is InChI=1S/C15H12O4/c1-9-6-12(7-13(8-16)14(9)17)10-2-4-11(5-3-10)15(18)19/h2-8,17H,1H3,(H,18,19). The van der Waals surface area contributed by atoms with Gasteiger partial charge in [0.05, 0.1) is 11.1 Å². The maximum atomic E-state index is 10.9. The molecule has 0 radical (unpaired) electrons. The first-order chi connectivity index (χ1) is 9.02. The number of aldehydes is 1. The lowest BCUT2D eigenvalue weighted by Crippen LogP contribution is -1.95. The Labute approximate surface area is 109 Å². The Morgan fingerprint density at radius 2 is 1.74 bits per heavy atom. The molecule has 96 valence electrons. The smallest absolute Gasteiger partial charge is 0.335 e. The van der Waals surface area contributed by atoms with Crippen molar-refractivity contribution in [2.75, 3.05) is 0 Å². The zero-order chi connectivity index (χ0) is 14.0. The van der Waals surface area contributed by atoms with Gasteiger partial charge in [0.15, 0.2) is 6.29 Å². The van der Waals surface area contributed by atoms with Gasteiger partial charge in [-0.3, -0.25) is 4.79 Å². The number of aromatic carboxylic acids is 1. The topological polar surface area (TPSA) is 74.6 Å². The summed E-state index contributed by atoms with van der Waals surface area (Å²) < 4.78 is 0. The van der Waals surface area contributed by atoms with Crippen molar-refractivity contribution in [2.45, 2.75) is 6.92 Å². The molecule has 4 nitrogen and oxygen atoms in total. The minimum Gasteiger partial charge on any atom is -0.507 e. The highest BCUT2D eigenvalue weighted by molar-refractivity contribution is 5.89. The Morgan fingerprint density at radius 1 is 1.11 bits per heavy atom. The van der Waals surface area contributed by atoms with E-state index in [1.807, 2.05) is 0 Å². The van der Waals surface area contributed by atoms with Gasteiger partial charge in [-0.25, -0.2) is 4.79 Å². The van der Waals surface area contributed by atoms with E-state index in [9.17, 15) is 14.7 Å². The monoisotopic (exact) mass is 256 g/mol. The van der Waals surface area contributed by atoms with Gasteiger partial charge in [-0.05, 0) is 47.9 Å². The van der Waals surface area contributed by atoms with E-state index in [-0.39, 0.29) is 16.9 Å². The van der Waals surface area contributed by atoms with Gasteiger partial charge in [-0.2, -0.15) is 0 Å². The number of carbonyl (C=O) groups is 2. The van der Waals surface area contributed by atoms with E-state index in [1.165, 1.54) is 12.1 Å². The number of hydrogen-bond acceptors (Lipinski definition) is 3. The van der Waals surface area contributed by atoms with Crippen LogP contribution in [0.3, 0.4) is 0 Å². The molecule has 19 heavy (non-hydrogen) atoms. The third-order valence-corrected chi connectivity index (χ3v) is 2.92. The van der Waals surface area contributed by atoms with Crippen LogP contribution in [-0.2, 0) is 0 Å². The summed E-state index contributed by atoms with van der Waals surface area (Å²) in [4.78, 5) is 21.6. The van der Waals surface area contributed by atoms with Crippen LogP contribution in [0.1, 0.15) is 26.3 Å². The number of carbonyl (C=O) groups excluding carboxylic acids is 1. The highest BCUT2D eigenvalue weighted by Crippen LogP contribution is 2.28. The molecule has 2 aromatic carbocycles. The van der Waals surface area contributed by atoms with Crippen molar-refractivity contribution < 1.29 is 19.8 Å². The van der Waals surface area contributed by atoms with Crippen LogP contribution in [0.5, 0.6) is 5.75 Å². The molecule has 0 saturated carbocycles. The number of phenols is 1. The predicted molar refractivity (Wildman–Crippen MR) is 70.6 cm³/mol. The van der Waals surface area contributed by atoms with Gasteiger partial charge in [0.1, 0.15) is 5.75 Å². The molecule has 4 heteroatoms. The fourth-order valence-corrected chi connectivity index (χ4v) is 1.87. The number of carboxylic acids is 1. The number of carboxylic acid groups (broad SMARTS) is 1. The van der Waals surface area contributed by atoms with Crippen molar-refractivity contribution in [3.63, 3.8) is 0 Å². The minimum absolute atomic E-state index is 0.0269. The van der Waals surface area contributed by atoms with Gasteiger partial charge in [0, 0.05) is 0 Å². The van der Waals surface area contributed by atoms with Crippen molar-refractivity contribution >= 4 is 12.3 Å². The van der Waals surface area contributed by atoms with Crippen LogP contribution in [0.2, 0.25) is 0 Å². The highest BCUT2D eigenvalue weighted by Gasteiger charge is 2.08. The lowest BCUT2D eigenvalue weighted by molar-refractivity contribution is 0.0696. The van der Waals surface area contributed by atoms with E-state index in [2.05, 4.69) is 0 Å². The normalized spacial score (nSPS) is 10.2. The summed E-state index contributed by atoms with van der Waals surface area (Å²) in [7, 11) is 0. The molecule has 0 saturated heterocycles. The van der Waals surface area contributed by atoms with Crippen LogP contribution < -0.4 is 0 Å². The SMILES string of the molecule is Cc1cc(-c2ccc(C(=O)O)cc2)cc(C=O)c1O. The summed E-state index contributed by atoms with van der Waals surface area (Å²) in [6, 6.07) is 9.66. The number of hydrogen-bond donors (Lipinski definition) is 2. The van der Waals surface area contributed by atoms with E-state index in [0.29, 0.717) is 11.8 Å². The van der Waals surface area contributed by atoms with Crippen LogP contribution in [-0.4, -0.2) is 22.5 Å². The Hall–Kier alpha value is -2.62. The van der Waals surface area contributed by atoms with Crippen molar-refractivity contribution in [2.24, 2.45) is 0 Å². The van der Waals surface area contributed by atoms with Gasteiger partial charge in [-0.1, -0.05) is 12.1 Å². The van der Waals surface area contributed by atoms with Gasteiger partial charge in [-0.15, -0.1) is 0 Å². The fraction of sp³-hybridized carbons (Fsp3) is 0.0667. The zero-order valence-corrected chi connectivity index (χ0v) is 10.3. The van der Waals surface area contributed by atoms with Gasteiger partial charge >= 0.3 is 5.97 Å². The van der Waals surface area contributed by atoms with E-state index < -0.39 is 5.97 Å². The number of benzene rings is 2. The Balaban J connectivity index is 2.50. The molecule has 0 aliphatic rings. The molecule has 2 N–H and O–H groups in total. The Morgan fingerprint density at radius 3 is 2.26 bits per heavy atom. The molecule has 0 amide bonds. The van der Waals surface area contributed by atoms with Crippen LogP contribution in [0.15, 0.2) is 36.4 Å². The third-order valence-electron chi connectivity index (χ3n) is 2.92. The average Bonchev–Trinajstić information content (AvgIpc) is 2.41. The largest absolute Gasteiger partial charge is 0.507 e. The first-order valence-electron chi connectivity index (χ1n) is 5.65. The average molecular weight is 256 g/mol. The second-order valence-electron chi connectivity index (χ2n) is 4.23. The summed E-state index contributed by atoms with van der Waals surface area (Å²) >= 11 is 0. The first-order valence-corrected chi connectivity index (χ1v) is 5.65. The van der Waals surface area contributed by atoms with E-state index >= 15 is 0 Å². The molecule has 0 unspecified atom stereocenters. The zero-order valence-electron chi connectivity index (χ0n) is 10.3. The molecular formula is C15H12O4. The molecule has 0 bridgehead atoms. The lowest BCUT2D eigenvalue weighted by atomic mass is 9.99. The second kappa shape index (κ2) is 4.94. The van der Waals surface area contributed by atoms with Crippen molar-refractivity contribution in [3.05, 3.63) is 53.1 Å². The predicted octanol–water partition coefficient (Wildman–Crippen LogP) is 2.88. The molecule has 2 aromatic rings. The summed E-state index contributed by atoms with van der Waals surface area (Å²) in [5.41, 5.74) is 2.57. The Bertz CT molecular complexity index is 642. The molecule has 0 heterocycles. The first kappa shape index (κ1) is 12.8. The van der Waals surface area contributed by atoms with E-state index in [0.717, 1.165) is 11.1 Å². The molecule has 0 spiro atoms. The number of phenolic OH excluding ortho intramolecular Hbond substituents is 1. The van der Waals surface area contributed by atoms with Gasteiger partial charge in [0.25, 0.3) is 0 Å². The van der Waals surface area contributed by atoms with Crippen LogP contribution >= 0.6 is 0 Å². The molecule has 0 atom stereocenters. The third kappa shape index (κ3) is 2.47. The minimum atomic E-state index is -0.984. The fourth-order valence-electron chi connectivity index (χ4n) is 1.87. The van der Waals surface area contributed by atoms with Crippen molar-refractivity contribution in [3.8, 4) is 16.9 Å². The molecule has 2 rings (SSSR count). The molecule has 0 aliphatic carbocycles. The van der Waals surface area contributed by atoms with Gasteiger partial charge < -0.3 is 10.2 Å². The van der Waals surface area contributed by atoms with Crippen LogP contribution in [0.4, 0.5) is 0 Å². The number of aromatic hydroxyl groups is 1. The lowest BCUT2D eigenvalue weighted by Gasteiger charge is -2.07. The Kier molecular flexibility index (Phi) is 3.33. The second-order valence-corrected chi connectivity index (χ2v) is 4.23. The van der Waals surface area contributed by atoms with Crippen LogP contribution in [0, 0.1) is 6.92 Å².